The normalized spacial score (nSPS) is 11.8. The molecule has 0 aromatic heterocycles. The van der Waals surface area contributed by atoms with Gasteiger partial charge in [-0.1, -0.05) is 17.7 Å². The Labute approximate surface area is 121 Å². The summed E-state index contributed by atoms with van der Waals surface area (Å²) in [6.45, 7) is 3.87. The van der Waals surface area contributed by atoms with Crippen LogP contribution in [0.2, 0.25) is 5.02 Å². The monoisotopic (exact) mass is 355 g/mol. The van der Waals surface area contributed by atoms with Crippen LogP contribution in [0, 0.1) is 0 Å². The second kappa shape index (κ2) is 6.75. The molecule has 0 amide bonds. The summed E-state index contributed by atoms with van der Waals surface area (Å²) in [5.41, 5.74) is 0.423. The first-order chi connectivity index (χ1) is 8.32. The molecule has 0 fully saturated rings. The smallest absolute Gasteiger partial charge is 0.235 e. The van der Waals surface area contributed by atoms with E-state index in [2.05, 4.69) is 20.7 Å². The van der Waals surface area contributed by atoms with Gasteiger partial charge in [-0.15, -0.1) is 0 Å². The zero-order valence-corrected chi connectivity index (χ0v) is 13.3. The molecule has 0 radical (unpaired) electrons. The van der Waals surface area contributed by atoms with Crippen molar-refractivity contribution >= 4 is 43.2 Å². The standard InChI is InChI=1S/C11H15BrClNO3S/c1-8(2)17-6-7-18(15,16)14-10-5-3-4-9(13)11(10)12/h3-5,8,14H,6-7H2,1-2H3. The van der Waals surface area contributed by atoms with Crippen LogP contribution in [-0.2, 0) is 14.8 Å². The molecule has 0 spiro atoms. The summed E-state index contributed by atoms with van der Waals surface area (Å²) in [5, 5.41) is 0.452. The van der Waals surface area contributed by atoms with Crippen molar-refractivity contribution in [2.75, 3.05) is 17.1 Å². The van der Waals surface area contributed by atoms with Gasteiger partial charge in [0.15, 0.2) is 0 Å². The summed E-state index contributed by atoms with van der Waals surface area (Å²) in [5.74, 6) is -0.0931. The fourth-order valence-corrected chi connectivity index (χ4v) is 2.79. The summed E-state index contributed by atoms with van der Waals surface area (Å²) in [7, 11) is -3.43. The van der Waals surface area contributed by atoms with E-state index in [4.69, 9.17) is 16.3 Å². The Hall–Kier alpha value is -0.300. The number of hydrogen-bond donors (Lipinski definition) is 1. The Morgan fingerprint density at radius 2 is 2.11 bits per heavy atom. The highest BCUT2D eigenvalue weighted by Crippen LogP contribution is 2.30. The van der Waals surface area contributed by atoms with Crippen LogP contribution in [0.25, 0.3) is 0 Å². The second-order valence-electron chi connectivity index (χ2n) is 3.94. The van der Waals surface area contributed by atoms with Gasteiger partial charge in [-0.05, 0) is 41.9 Å². The van der Waals surface area contributed by atoms with Crippen molar-refractivity contribution in [1.29, 1.82) is 0 Å². The van der Waals surface area contributed by atoms with E-state index >= 15 is 0 Å². The molecule has 0 atom stereocenters. The van der Waals surface area contributed by atoms with Gasteiger partial charge in [-0.2, -0.15) is 0 Å². The molecular formula is C11H15BrClNO3S. The predicted molar refractivity (Wildman–Crippen MR) is 77.6 cm³/mol. The van der Waals surface area contributed by atoms with Crippen molar-refractivity contribution in [1.82, 2.24) is 0 Å². The van der Waals surface area contributed by atoms with Crippen LogP contribution in [-0.4, -0.2) is 26.9 Å². The average molecular weight is 357 g/mol. The van der Waals surface area contributed by atoms with E-state index in [0.717, 1.165) is 0 Å². The quantitative estimate of drug-likeness (QED) is 0.851. The van der Waals surface area contributed by atoms with Gasteiger partial charge in [-0.3, -0.25) is 4.72 Å². The first-order valence-electron chi connectivity index (χ1n) is 5.38. The third-order valence-corrected chi connectivity index (χ3v) is 4.65. The molecule has 1 aromatic carbocycles. The SMILES string of the molecule is CC(C)OCCS(=O)(=O)Nc1cccc(Cl)c1Br. The number of anilines is 1. The van der Waals surface area contributed by atoms with E-state index in [0.29, 0.717) is 15.2 Å². The third kappa shape index (κ3) is 5.14. The molecule has 1 rings (SSSR count). The second-order valence-corrected chi connectivity index (χ2v) is 6.98. The summed E-state index contributed by atoms with van der Waals surface area (Å²) >= 11 is 9.12. The summed E-state index contributed by atoms with van der Waals surface area (Å²) in [6, 6.07) is 4.98. The van der Waals surface area contributed by atoms with Crippen LogP contribution in [0.3, 0.4) is 0 Å². The highest BCUT2D eigenvalue weighted by Gasteiger charge is 2.13. The number of sulfonamides is 1. The van der Waals surface area contributed by atoms with Crippen molar-refractivity contribution in [3.05, 3.63) is 27.7 Å². The molecule has 18 heavy (non-hydrogen) atoms. The van der Waals surface area contributed by atoms with E-state index in [1.165, 1.54) is 0 Å². The third-order valence-electron chi connectivity index (χ3n) is 2.02. The lowest BCUT2D eigenvalue weighted by molar-refractivity contribution is 0.0913. The van der Waals surface area contributed by atoms with Gasteiger partial charge in [0.25, 0.3) is 0 Å². The Morgan fingerprint density at radius 1 is 1.44 bits per heavy atom. The first-order valence-corrected chi connectivity index (χ1v) is 8.20. The fourth-order valence-electron chi connectivity index (χ4n) is 1.19. The predicted octanol–water partition coefficient (Wildman–Crippen LogP) is 3.27. The molecule has 0 unspecified atom stereocenters. The van der Waals surface area contributed by atoms with Gasteiger partial charge in [0.05, 0.1) is 33.6 Å². The van der Waals surface area contributed by atoms with Gasteiger partial charge in [-0.25, -0.2) is 8.42 Å². The lowest BCUT2D eigenvalue weighted by Crippen LogP contribution is -2.21. The number of benzene rings is 1. The van der Waals surface area contributed by atoms with Gasteiger partial charge < -0.3 is 4.74 Å². The van der Waals surface area contributed by atoms with Gasteiger partial charge in [0, 0.05) is 0 Å². The van der Waals surface area contributed by atoms with E-state index < -0.39 is 10.0 Å². The molecule has 1 N–H and O–H groups in total. The zero-order chi connectivity index (χ0) is 13.8. The van der Waals surface area contributed by atoms with Crippen molar-refractivity contribution < 1.29 is 13.2 Å². The minimum Gasteiger partial charge on any atom is -0.378 e. The minimum atomic E-state index is -3.43. The maximum absolute atomic E-state index is 11.8. The van der Waals surface area contributed by atoms with Crippen LogP contribution in [0.4, 0.5) is 5.69 Å². The average Bonchev–Trinajstić information content (AvgIpc) is 2.23. The topological polar surface area (TPSA) is 55.4 Å². The van der Waals surface area contributed by atoms with E-state index in [-0.39, 0.29) is 18.5 Å². The Morgan fingerprint density at radius 3 is 2.72 bits per heavy atom. The Bertz CT molecular complexity index is 505. The summed E-state index contributed by atoms with van der Waals surface area (Å²) < 4.78 is 31.8. The molecular weight excluding hydrogens is 342 g/mol. The molecule has 102 valence electrons. The van der Waals surface area contributed by atoms with Crippen molar-refractivity contribution in [2.24, 2.45) is 0 Å². The largest absolute Gasteiger partial charge is 0.378 e. The molecule has 0 aliphatic carbocycles. The molecule has 4 nitrogen and oxygen atoms in total. The molecule has 0 saturated heterocycles. The number of hydrogen-bond acceptors (Lipinski definition) is 3. The maximum Gasteiger partial charge on any atom is 0.235 e. The van der Waals surface area contributed by atoms with Crippen LogP contribution in [0.15, 0.2) is 22.7 Å². The lowest BCUT2D eigenvalue weighted by atomic mass is 10.3. The van der Waals surface area contributed by atoms with Crippen LogP contribution in [0.5, 0.6) is 0 Å². The molecule has 0 aliphatic heterocycles. The van der Waals surface area contributed by atoms with Gasteiger partial charge in [0.1, 0.15) is 0 Å². The number of ether oxygens (including phenoxy) is 1. The fraction of sp³-hybridized carbons (Fsp3) is 0.455. The van der Waals surface area contributed by atoms with Gasteiger partial charge >= 0.3 is 0 Å². The number of rotatable bonds is 6. The van der Waals surface area contributed by atoms with Crippen molar-refractivity contribution in [3.63, 3.8) is 0 Å². The Balaban J connectivity index is 2.68. The van der Waals surface area contributed by atoms with E-state index in [1.54, 1.807) is 18.2 Å². The highest BCUT2D eigenvalue weighted by molar-refractivity contribution is 9.10. The first kappa shape index (κ1) is 15.8. The minimum absolute atomic E-state index is 0.0121. The number of nitrogens with one attached hydrogen (secondary N) is 1. The molecule has 1 aromatic rings. The maximum atomic E-state index is 11.8. The molecule has 0 saturated carbocycles. The molecule has 0 heterocycles. The Kier molecular flexibility index (Phi) is 5.91. The number of halogens is 2. The van der Waals surface area contributed by atoms with Gasteiger partial charge in [0.2, 0.25) is 10.0 Å². The van der Waals surface area contributed by atoms with Crippen LogP contribution < -0.4 is 4.72 Å². The molecule has 7 heteroatoms. The van der Waals surface area contributed by atoms with E-state index in [1.807, 2.05) is 13.8 Å². The highest BCUT2D eigenvalue weighted by atomic mass is 79.9. The summed E-state index contributed by atoms with van der Waals surface area (Å²) in [6.07, 6.45) is 0.0121. The van der Waals surface area contributed by atoms with Crippen LogP contribution >= 0.6 is 27.5 Å². The summed E-state index contributed by atoms with van der Waals surface area (Å²) in [4.78, 5) is 0. The lowest BCUT2D eigenvalue weighted by Gasteiger charge is -2.11. The molecule has 0 bridgehead atoms. The zero-order valence-electron chi connectivity index (χ0n) is 10.1. The molecule has 0 aliphatic rings. The van der Waals surface area contributed by atoms with Crippen LogP contribution in [0.1, 0.15) is 13.8 Å². The van der Waals surface area contributed by atoms with Crippen molar-refractivity contribution in [3.8, 4) is 0 Å². The van der Waals surface area contributed by atoms with Crippen molar-refractivity contribution in [2.45, 2.75) is 20.0 Å². The van der Waals surface area contributed by atoms with E-state index in [9.17, 15) is 8.42 Å².